The van der Waals surface area contributed by atoms with Crippen LogP contribution in [0, 0.1) is 17.5 Å². The van der Waals surface area contributed by atoms with Gasteiger partial charge in [0.25, 0.3) is 0 Å². The first-order chi connectivity index (χ1) is 27.0. The molecule has 0 saturated carbocycles. The maximum atomic E-state index is 8.75. The molecular formula is C50H53IrN3OSi-2. The second kappa shape index (κ2) is 16.5. The summed E-state index contributed by atoms with van der Waals surface area (Å²) in [7, 11) is -1.70. The minimum absolute atomic E-state index is 0. The van der Waals surface area contributed by atoms with Crippen molar-refractivity contribution in [1.82, 2.24) is 14.5 Å². The van der Waals surface area contributed by atoms with Crippen molar-refractivity contribution in [3.8, 4) is 28.3 Å². The Bertz CT molecular complexity index is 2680. The summed E-state index contributed by atoms with van der Waals surface area (Å²) in [4.78, 5) is 9.74. The molecule has 0 unspecified atom stereocenters. The second-order valence-electron chi connectivity index (χ2n) is 17.1. The van der Waals surface area contributed by atoms with E-state index in [-0.39, 0.29) is 20.1 Å². The van der Waals surface area contributed by atoms with E-state index < -0.39 is 19.9 Å². The topological polar surface area (TPSA) is 43.9 Å². The van der Waals surface area contributed by atoms with Gasteiger partial charge in [-0.05, 0) is 63.8 Å². The third kappa shape index (κ3) is 8.54. The number of furan rings is 1. The Morgan fingerprint density at radius 2 is 1.45 bits per heavy atom. The Hall–Kier alpha value is -4.61. The molecule has 0 amide bonds. The van der Waals surface area contributed by atoms with Crippen LogP contribution in [0.2, 0.25) is 19.6 Å². The van der Waals surface area contributed by atoms with Crippen molar-refractivity contribution >= 4 is 46.2 Å². The van der Waals surface area contributed by atoms with Gasteiger partial charge in [-0.25, -0.2) is 0 Å². The van der Waals surface area contributed by atoms with Crippen LogP contribution < -0.4 is 5.19 Å². The number of pyridine rings is 1. The number of fused-ring (bicyclic) bond motifs is 4. The van der Waals surface area contributed by atoms with Gasteiger partial charge in [0.2, 0.25) is 0 Å². The van der Waals surface area contributed by atoms with Crippen molar-refractivity contribution in [3.05, 3.63) is 144 Å². The molecule has 0 saturated heterocycles. The molecule has 8 rings (SSSR count). The molecule has 0 aliphatic rings. The summed E-state index contributed by atoms with van der Waals surface area (Å²) in [6.45, 7) is 21.6. The fourth-order valence-corrected chi connectivity index (χ4v) is 8.66. The van der Waals surface area contributed by atoms with Crippen LogP contribution in [0.4, 0.5) is 0 Å². The molecule has 6 heteroatoms. The van der Waals surface area contributed by atoms with E-state index in [0.29, 0.717) is 11.8 Å². The summed E-state index contributed by atoms with van der Waals surface area (Å²) in [6, 6.07) is 43.7. The minimum Gasteiger partial charge on any atom is -0.500 e. The van der Waals surface area contributed by atoms with E-state index in [4.69, 9.17) is 12.1 Å². The average molecular weight is 934 g/mol. The van der Waals surface area contributed by atoms with Crippen molar-refractivity contribution in [2.24, 2.45) is 5.41 Å². The molecule has 0 bridgehead atoms. The van der Waals surface area contributed by atoms with Gasteiger partial charge in [-0.15, -0.1) is 59.7 Å². The van der Waals surface area contributed by atoms with Gasteiger partial charge in [-0.3, -0.25) is 4.98 Å². The smallest absolute Gasteiger partial charge is 0.120 e. The molecule has 0 spiro atoms. The fourth-order valence-electron chi connectivity index (χ4n) is 7.26. The third-order valence-corrected chi connectivity index (χ3v) is 11.9. The fraction of sp³-hybridized carbons (Fsp3) is 0.280. The first-order valence-corrected chi connectivity index (χ1v) is 22.9. The Balaban J connectivity index is 0.000000208. The van der Waals surface area contributed by atoms with Crippen LogP contribution >= 0.6 is 0 Å². The van der Waals surface area contributed by atoms with Gasteiger partial charge in [0.1, 0.15) is 5.58 Å². The largest absolute Gasteiger partial charge is 0.500 e. The van der Waals surface area contributed by atoms with Crippen LogP contribution in [0.15, 0.2) is 120 Å². The van der Waals surface area contributed by atoms with Gasteiger partial charge in [-0.2, -0.15) is 0 Å². The van der Waals surface area contributed by atoms with Gasteiger partial charge >= 0.3 is 0 Å². The predicted molar refractivity (Wildman–Crippen MR) is 235 cm³/mol. The molecule has 0 aliphatic heterocycles. The molecule has 289 valence electrons. The van der Waals surface area contributed by atoms with E-state index >= 15 is 0 Å². The second-order valence-corrected chi connectivity index (χ2v) is 22.1. The van der Waals surface area contributed by atoms with Crippen molar-refractivity contribution in [1.29, 1.82) is 0 Å². The average Bonchev–Trinajstić information content (AvgIpc) is 3.75. The summed E-state index contributed by atoms with van der Waals surface area (Å²) in [5.74, 6) is 1.67. The van der Waals surface area contributed by atoms with Crippen LogP contribution in [0.25, 0.3) is 61.3 Å². The van der Waals surface area contributed by atoms with Crippen molar-refractivity contribution in [2.45, 2.75) is 86.3 Å². The van der Waals surface area contributed by atoms with E-state index in [1.165, 1.54) is 16.8 Å². The van der Waals surface area contributed by atoms with Gasteiger partial charge in [-0.1, -0.05) is 134 Å². The third-order valence-electron chi connectivity index (χ3n) is 9.88. The van der Waals surface area contributed by atoms with Crippen LogP contribution in [0.3, 0.4) is 0 Å². The maximum Gasteiger partial charge on any atom is 0.120 e. The SMILES string of the molecule is CC(C)c1cccc(C(C)C)c1-n1c(-c2[c-]cc3oc4ccccc4c3c2)nc2ccccc21.[2H]C([2H])(c1cc(-c2[c-]cccc2)ncc1[Si](C)(C)C)C(C)(C)C.[Ir]. The summed E-state index contributed by atoms with van der Waals surface area (Å²) < 4.78 is 25.9. The van der Waals surface area contributed by atoms with Crippen LogP contribution in [-0.2, 0) is 26.5 Å². The van der Waals surface area contributed by atoms with E-state index in [9.17, 15) is 0 Å². The zero-order chi connectivity index (χ0) is 40.9. The van der Waals surface area contributed by atoms with Crippen molar-refractivity contribution < 1.29 is 27.3 Å². The number of hydrogen-bond acceptors (Lipinski definition) is 3. The summed E-state index contributed by atoms with van der Waals surface area (Å²) in [5, 5.41) is 3.29. The molecule has 0 aliphatic carbocycles. The van der Waals surface area contributed by atoms with Gasteiger partial charge in [0, 0.05) is 40.1 Å². The summed E-state index contributed by atoms with van der Waals surface area (Å²) >= 11 is 0. The summed E-state index contributed by atoms with van der Waals surface area (Å²) in [5.41, 5.74) is 10.7. The molecule has 0 atom stereocenters. The minimum atomic E-state index is -1.70. The number of hydrogen-bond donors (Lipinski definition) is 0. The quantitative estimate of drug-likeness (QED) is 0.118. The van der Waals surface area contributed by atoms with Crippen LogP contribution in [-0.4, -0.2) is 22.6 Å². The van der Waals surface area contributed by atoms with Crippen LogP contribution in [0.5, 0.6) is 0 Å². The maximum absolute atomic E-state index is 8.75. The zero-order valence-electron chi connectivity index (χ0n) is 36.2. The van der Waals surface area contributed by atoms with E-state index in [0.717, 1.165) is 66.4 Å². The number of benzene rings is 5. The first-order valence-electron chi connectivity index (χ1n) is 20.4. The molecule has 0 N–H and O–H groups in total. The molecule has 1 radical (unpaired) electrons. The molecular weight excluding hydrogens is 879 g/mol. The van der Waals surface area contributed by atoms with Gasteiger partial charge < -0.3 is 14.0 Å². The monoisotopic (exact) mass is 934 g/mol. The first kappa shape index (κ1) is 38.3. The normalized spacial score (nSPS) is 12.8. The molecule has 3 aromatic heterocycles. The van der Waals surface area contributed by atoms with Gasteiger partial charge in [0.15, 0.2) is 0 Å². The number of para-hydroxylation sites is 4. The number of aromatic nitrogens is 3. The Kier molecular flexibility index (Phi) is 11.3. The van der Waals surface area contributed by atoms with Crippen molar-refractivity contribution in [3.63, 3.8) is 0 Å². The predicted octanol–water partition coefficient (Wildman–Crippen LogP) is 13.3. The number of imidazole rings is 1. The molecule has 4 nitrogen and oxygen atoms in total. The molecule has 56 heavy (non-hydrogen) atoms. The molecule has 0 fully saturated rings. The summed E-state index contributed by atoms with van der Waals surface area (Å²) in [6.07, 6.45) is 0.469. The Labute approximate surface area is 350 Å². The Morgan fingerprint density at radius 1 is 0.768 bits per heavy atom. The molecule has 3 heterocycles. The van der Waals surface area contributed by atoms with Crippen LogP contribution in [0.1, 0.15) is 79.7 Å². The van der Waals surface area contributed by atoms with E-state index in [1.54, 1.807) is 0 Å². The van der Waals surface area contributed by atoms with E-state index in [1.807, 2.05) is 75.5 Å². The van der Waals surface area contributed by atoms with Gasteiger partial charge in [0.05, 0.1) is 30.5 Å². The number of nitrogens with zero attached hydrogens (tertiary/aromatic N) is 3. The Morgan fingerprint density at radius 3 is 2.11 bits per heavy atom. The number of rotatable bonds is 7. The zero-order valence-corrected chi connectivity index (χ0v) is 37.6. The molecule has 8 aromatic rings. The standard InChI is InChI=1S/C31H27N2O.C19H26NSi.Ir/c1-19(2)22-11-9-12-23(20(3)4)30(22)33-27-14-7-6-13-26(27)32-31(33)21-16-17-29-25(18-21)24-10-5-8-15-28(24)34-29;1-19(2,3)13-16-12-17(15-10-8-7-9-11-15)20-14-18(16)21(4,5)6;/h5-15,17-20H,1-4H3;7-10,12,14H,13H2,1-6H3;/q2*-1;/i;13D2;. The van der Waals surface area contributed by atoms with Crippen molar-refractivity contribution in [2.75, 3.05) is 0 Å². The van der Waals surface area contributed by atoms with E-state index in [2.05, 4.69) is 130 Å². The molecule has 5 aromatic carbocycles.